The van der Waals surface area contributed by atoms with Gasteiger partial charge in [-0.2, -0.15) is 0 Å². The van der Waals surface area contributed by atoms with E-state index < -0.39 is 0 Å². The van der Waals surface area contributed by atoms with Gasteiger partial charge in [-0.15, -0.1) is 11.6 Å². The van der Waals surface area contributed by atoms with E-state index >= 15 is 0 Å². The van der Waals surface area contributed by atoms with Gasteiger partial charge in [-0.1, -0.05) is 26.8 Å². The first-order chi connectivity index (χ1) is 7.91. The molecule has 1 aromatic rings. The van der Waals surface area contributed by atoms with Crippen molar-refractivity contribution in [3.8, 4) is 0 Å². The molecule has 0 N–H and O–H groups in total. The van der Waals surface area contributed by atoms with E-state index in [1.54, 1.807) is 11.7 Å². The largest absolute Gasteiger partial charge is 0.383 e. The van der Waals surface area contributed by atoms with E-state index in [0.717, 1.165) is 5.69 Å². The Balaban J connectivity index is 3.31. The van der Waals surface area contributed by atoms with Crippen LogP contribution in [-0.4, -0.2) is 18.3 Å². The zero-order chi connectivity index (χ0) is 13.1. The van der Waals surface area contributed by atoms with Crippen molar-refractivity contribution in [3.05, 3.63) is 33.7 Å². The molecule has 17 heavy (non-hydrogen) atoms. The van der Waals surface area contributed by atoms with Gasteiger partial charge in [0.05, 0.1) is 12.5 Å². The Morgan fingerprint density at radius 2 is 2.00 bits per heavy atom. The average Bonchev–Trinajstić information content (AvgIpc) is 2.25. The Labute approximate surface area is 107 Å². The first kappa shape index (κ1) is 14.3. The van der Waals surface area contributed by atoms with Crippen LogP contribution in [0.5, 0.6) is 0 Å². The lowest BCUT2D eigenvalue weighted by Crippen LogP contribution is -2.32. The molecule has 0 aromatic carbocycles. The summed E-state index contributed by atoms with van der Waals surface area (Å²) in [6, 6.07) is 3.80. The molecule has 3 nitrogen and oxygen atoms in total. The second-order valence-electron chi connectivity index (χ2n) is 5.08. The summed E-state index contributed by atoms with van der Waals surface area (Å²) in [4.78, 5) is 12.2. The Hall–Kier alpha value is -0.800. The van der Waals surface area contributed by atoms with Crippen molar-refractivity contribution in [2.24, 2.45) is 0 Å². The molecule has 0 aliphatic rings. The number of halogens is 1. The summed E-state index contributed by atoms with van der Waals surface area (Å²) < 4.78 is 6.81. The van der Waals surface area contributed by atoms with Gasteiger partial charge in [-0.3, -0.25) is 4.79 Å². The summed E-state index contributed by atoms with van der Waals surface area (Å²) in [5, 5.41) is 0. The highest BCUT2D eigenvalue weighted by atomic mass is 35.5. The van der Waals surface area contributed by atoms with Crippen LogP contribution in [0.1, 0.15) is 32.0 Å². The van der Waals surface area contributed by atoms with Gasteiger partial charge >= 0.3 is 0 Å². The van der Waals surface area contributed by atoms with Gasteiger partial charge < -0.3 is 9.30 Å². The van der Waals surface area contributed by atoms with E-state index in [4.69, 9.17) is 16.3 Å². The van der Waals surface area contributed by atoms with Gasteiger partial charge in [-0.05, 0) is 6.07 Å². The fourth-order valence-electron chi connectivity index (χ4n) is 1.78. The quantitative estimate of drug-likeness (QED) is 0.777. The maximum atomic E-state index is 12.2. The minimum Gasteiger partial charge on any atom is -0.383 e. The van der Waals surface area contributed by atoms with Crippen LogP contribution in [0.2, 0.25) is 0 Å². The zero-order valence-corrected chi connectivity index (χ0v) is 11.7. The second kappa shape index (κ2) is 5.69. The predicted octanol–water partition coefficient (Wildman–Crippen LogP) is 2.53. The number of pyridine rings is 1. The third kappa shape index (κ3) is 3.33. The highest BCUT2D eigenvalue weighted by Crippen LogP contribution is 2.21. The minimum atomic E-state index is -0.0717. The third-order valence-electron chi connectivity index (χ3n) is 2.68. The Morgan fingerprint density at radius 3 is 2.47 bits per heavy atom. The molecular formula is C13H20ClNO2. The molecule has 0 saturated carbocycles. The predicted molar refractivity (Wildman–Crippen MR) is 70.8 cm³/mol. The van der Waals surface area contributed by atoms with E-state index in [1.807, 2.05) is 12.1 Å². The van der Waals surface area contributed by atoms with E-state index in [1.165, 1.54) is 0 Å². The van der Waals surface area contributed by atoms with Crippen LogP contribution in [-0.2, 0) is 22.6 Å². The Bertz CT molecular complexity index is 432. The van der Waals surface area contributed by atoms with E-state index in [0.29, 0.717) is 18.7 Å². The molecule has 0 fully saturated rings. The number of alkyl halides is 1. The molecular weight excluding hydrogens is 238 g/mol. The van der Waals surface area contributed by atoms with Crippen molar-refractivity contribution in [1.82, 2.24) is 4.57 Å². The van der Waals surface area contributed by atoms with Gasteiger partial charge in [0.1, 0.15) is 0 Å². The van der Waals surface area contributed by atoms with Crippen molar-refractivity contribution in [2.75, 3.05) is 13.7 Å². The van der Waals surface area contributed by atoms with Crippen LogP contribution in [0.25, 0.3) is 0 Å². The number of nitrogens with zero attached hydrogens (tertiary/aromatic N) is 1. The van der Waals surface area contributed by atoms with Crippen molar-refractivity contribution in [3.63, 3.8) is 0 Å². The van der Waals surface area contributed by atoms with Crippen molar-refractivity contribution in [2.45, 2.75) is 38.6 Å². The van der Waals surface area contributed by atoms with Crippen LogP contribution in [0, 0.1) is 0 Å². The van der Waals surface area contributed by atoms with Gasteiger partial charge in [-0.25, -0.2) is 0 Å². The summed E-state index contributed by atoms with van der Waals surface area (Å²) in [5.41, 5.74) is 1.56. The molecule has 0 amide bonds. The number of methoxy groups -OCH3 is 1. The van der Waals surface area contributed by atoms with E-state index in [2.05, 4.69) is 20.8 Å². The van der Waals surface area contributed by atoms with Crippen molar-refractivity contribution in [1.29, 1.82) is 0 Å². The lowest BCUT2D eigenvalue weighted by molar-refractivity contribution is 0.184. The van der Waals surface area contributed by atoms with Crippen LogP contribution in [0.3, 0.4) is 0 Å². The van der Waals surface area contributed by atoms with Crippen LogP contribution < -0.4 is 5.56 Å². The Kier molecular flexibility index (Phi) is 4.78. The van der Waals surface area contributed by atoms with Gasteiger partial charge in [0.15, 0.2) is 0 Å². The molecule has 1 heterocycles. The Morgan fingerprint density at radius 1 is 1.35 bits per heavy atom. The molecule has 4 heteroatoms. The fourth-order valence-corrected chi connectivity index (χ4v) is 1.99. The number of ether oxygens (including phenoxy) is 1. The second-order valence-corrected chi connectivity index (χ2v) is 5.34. The lowest BCUT2D eigenvalue weighted by Gasteiger charge is -2.24. The van der Waals surface area contributed by atoms with Gasteiger partial charge in [0.25, 0.3) is 5.56 Å². The molecule has 0 bridgehead atoms. The fraction of sp³-hybridized carbons (Fsp3) is 0.615. The SMILES string of the molecule is COCCn1c(C(C)(C)C)ccc(CCl)c1=O. The first-order valence-electron chi connectivity index (χ1n) is 5.70. The van der Waals surface area contributed by atoms with E-state index in [9.17, 15) is 4.79 Å². The van der Waals surface area contributed by atoms with Crippen molar-refractivity contribution >= 4 is 11.6 Å². The molecule has 0 unspecified atom stereocenters. The molecule has 1 aromatic heterocycles. The third-order valence-corrected chi connectivity index (χ3v) is 2.97. The molecule has 0 saturated heterocycles. The number of hydrogen-bond donors (Lipinski definition) is 0. The van der Waals surface area contributed by atoms with Crippen LogP contribution in [0.15, 0.2) is 16.9 Å². The normalized spacial score (nSPS) is 11.8. The first-order valence-corrected chi connectivity index (χ1v) is 6.23. The van der Waals surface area contributed by atoms with Gasteiger partial charge in [0, 0.05) is 30.3 Å². The highest BCUT2D eigenvalue weighted by molar-refractivity contribution is 6.17. The van der Waals surface area contributed by atoms with Crippen LogP contribution in [0.4, 0.5) is 0 Å². The van der Waals surface area contributed by atoms with Crippen LogP contribution >= 0.6 is 11.6 Å². The maximum absolute atomic E-state index is 12.2. The molecule has 1 rings (SSSR count). The molecule has 96 valence electrons. The monoisotopic (exact) mass is 257 g/mol. The topological polar surface area (TPSA) is 31.2 Å². The minimum absolute atomic E-state index is 0.00975. The molecule has 0 spiro atoms. The summed E-state index contributed by atoms with van der Waals surface area (Å²) in [7, 11) is 1.63. The lowest BCUT2D eigenvalue weighted by atomic mass is 9.91. The average molecular weight is 258 g/mol. The summed E-state index contributed by atoms with van der Waals surface area (Å²) in [6.45, 7) is 7.35. The number of aromatic nitrogens is 1. The number of rotatable bonds is 4. The standard InChI is InChI=1S/C13H20ClNO2/c1-13(2,3)11-6-5-10(9-14)12(16)15(11)7-8-17-4/h5-6H,7-9H2,1-4H3. The molecule has 0 aliphatic heterocycles. The smallest absolute Gasteiger partial charge is 0.255 e. The maximum Gasteiger partial charge on any atom is 0.255 e. The zero-order valence-electron chi connectivity index (χ0n) is 10.9. The summed E-state index contributed by atoms with van der Waals surface area (Å²) in [6.07, 6.45) is 0. The molecule has 0 atom stereocenters. The molecule has 0 radical (unpaired) electrons. The van der Waals surface area contributed by atoms with Gasteiger partial charge in [0.2, 0.25) is 0 Å². The van der Waals surface area contributed by atoms with E-state index in [-0.39, 0.29) is 16.9 Å². The number of hydrogen-bond acceptors (Lipinski definition) is 2. The molecule has 0 aliphatic carbocycles. The van der Waals surface area contributed by atoms with Crippen molar-refractivity contribution < 1.29 is 4.74 Å². The summed E-state index contributed by atoms with van der Waals surface area (Å²) >= 11 is 5.76. The highest BCUT2D eigenvalue weighted by Gasteiger charge is 2.19. The summed E-state index contributed by atoms with van der Waals surface area (Å²) in [5.74, 6) is 0.246.